The van der Waals surface area contributed by atoms with E-state index in [1.54, 1.807) is 46.1 Å². The van der Waals surface area contributed by atoms with Gasteiger partial charge in [-0.25, -0.2) is 4.98 Å². The number of aromatic hydroxyl groups is 1. The number of carbonyl (C=O) groups excluding carboxylic acids is 1. The molecule has 1 aliphatic heterocycles. The Labute approximate surface area is 167 Å². The molecule has 29 heavy (non-hydrogen) atoms. The SMILES string of the molecule is O=C(c1ccc(-n2ccnc2)c([N+](=O)[O-])c1)N1CCC(c2ccc(O)cc2)CC1. The molecule has 0 saturated carbocycles. The zero-order valence-corrected chi connectivity index (χ0v) is 15.6. The van der Waals surface area contributed by atoms with Crippen LogP contribution in [0.1, 0.15) is 34.7 Å². The number of imidazole rings is 1. The van der Waals surface area contributed by atoms with Crippen molar-refractivity contribution in [3.63, 3.8) is 0 Å². The predicted octanol–water partition coefficient (Wildman–Crippen LogP) is 3.51. The first-order valence-corrected chi connectivity index (χ1v) is 9.38. The van der Waals surface area contributed by atoms with Gasteiger partial charge >= 0.3 is 0 Å². The lowest BCUT2D eigenvalue weighted by Gasteiger charge is -2.32. The summed E-state index contributed by atoms with van der Waals surface area (Å²) in [6, 6.07) is 11.7. The molecule has 1 N–H and O–H groups in total. The number of nitrogens with zero attached hydrogens (tertiary/aromatic N) is 4. The quantitative estimate of drug-likeness (QED) is 0.541. The van der Waals surface area contributed by atoms with Crippen LogP contribution in [0.3, 0.4) is 0 Å². The van der Waals surface area contributed by atoms with Crippen molar-refractivity contribution >= 4 is 11.6 Å². The summed E-state index contributed by atoms with van der Waals surface area (Å²) >= 11 is 0. The van der Waals surface area contributed by atoms with Crippen LogP contribution in [0.5, 0.6) is 5.75 Å². The first-order valence-electron chi connectivity index (χ1n) is 9.38. The van der Waals surface area contributed by atoms with Crippen LogP contribution in [0.25, 0.3) is 5.69 Å². The number of piperidine rings is 1. The van der Waals surface area contributed by atoms with Gasteiger partial charge in [-0.15, -0.1) is 0 Å². The molecule has 8 heteroatoms. The molecular formula is C21H20N4O4. The highest BCUT2D eigenvalue weighted by molar-refractivity contribution is 5.95. The van der Waals surface area contributed by atoms with Gasteiger partial charge in [-0.05, 0) is 48.6 Å². The van der Waals surface area contributed by atoms with Crippen molar-refractivity contribution in [1.82, 2.24) is 14.5 Å². The minimum atomic E-state index is -0.483. The van der Waals surface area contributed by atoms with Crippen molar-refractivity contribution < 1.29 is 14.8 Å². The average Bonchev–Trinajstić information content (AvgIpc) is 3.28. The third kappa shape index (κ3) is 3.82. The summed E-state index contributed by atoms with van der Waals surface area (Å²) < 4.78 is 1.55. The van der Waals surface area contributed by atoms with E-state index >= 15 is 0 Å². The number of rotatable bonds is 4. The molecule has 1 saturated heterocycles. The number of nitro benzene ring substituents is 1. The van der Waals surface area contributed by atoms with Crippen LogP contribution in [0.2, 0.25) is 0 Å². The maximum absolute atomic E-state index is 12.9. The minimum absolute atomic E-state index is 0.132. The Kier molecular flexibility index (Phi) is 4.99. The van der Waals surface area contributed by atoms with Crippen molar-refractivity contribution in [2.75, 3.05) is 13.1 Å². The highest BCUT2D eigenvalue weighted by atomic mass is 16.6. The molecule has 0 spiro atoms. The van der Waals surface area contributed by atoms with Crippen molar-refractivity contribution in [2.45, 2.75) is 18.8 Å². The summed E-state index contributed by atoms with van der Waals surface area (Å²) in [7, 11) is 0. The number of benzene rings is 2. The Morgan fingerprint density at radius 3 is 2.48 bits per heavy atom. The number of nitro groups is 1. The van der Waals surface area contributed by atoms with Gasteiger partial charge < -0.3 is 14.6 Å². The number of amides is 1. The van der Waals surface area contributed by atoms with Gasteiger partial charge in [0, 0.05) is 37.1 Å². The molecule has 148 valence electrons. The van der Waals surface area contributed by atoms with Gasteiger partial charge in [0.15, 0.2) is 0 Å². The summed E-state index contributed by atoms with van der Waals surface area (Å²) in [6.45, 7) is 1.17. The Morgan fingerprint density at radius 1 is 1.14 bits per heavy atom. The van der Waals surface area contributed by atoms with Crippen molar-refractivity contribution in [1.29, 1.82) is 0 Å². The number of hydrogen-bond donors (Lipinski definition) is 1. The normalized spacial score (nSPS) is 14.7. The van der Waals surface area contributed by atoms with Crippen LogP contribution in [0, 0.1) is 10.1 Å². The fourth-order valence-corrected chi connectivity index (χ4v) is 3.77. The van der Waals surface area contributed by atoms with E-state index in [4.69, 9.17) is 0 Å². The Balaban J connectivity index is 1.49. The van der Waals surface area contributed by atoms with Gasteiger partial charge in [0.05, 0.1) is 11.3 Å². The van der Waals surface area contributed by atoms with Crippen molar-refractivity contribution in [3.8, 4) is 11.4 Å². The Morgan fingerprint density at radius 2 is 1.86 bits per heavy atom. The number of aromatic nitrogens is 2. The van der Waals surface area contributed by atoms with Gasteiger partial charge in [-0.1, -0.05) is 12.1 Å². The van der Waals surface area contributed by atoms with E-state index < -0.39 is 4.92 Å². The van der Waals surface area contributed by atoms with E-state index in [0.717, 1.165) is 18.4 Å². The molecule has 1 aliphatic rings. The highest BCUT2D eigenvalue weighted by Crippen LogP contribution is 2.30. The van der Waals surface area contributed by atoms with Gasteiger partial charge in [0.2, 0.25) is 0 Å². The molecule has 1 fully saturated rings. The van der Waals surface area contributed by atoms with Gasteiger partial charge in [-0.2, -0.15) is 0 Å². The predicted molar refractivity (Wildman–Crippen MR) is 106 cm³/mol. The molecule has 1 amide bonds. The van der Waals surface area contributed by atoms with E-state index in [2.05, 4.69) is 4.98 Å². The molecule has 2 heterocycles. The Bertz CT molecular complexity index is 1020. The van der Waals surface area contributed by atoms with Crippen LogP contribution in [-0.2, 0) is 0 Å². The fraction of sp³-hybridized carbons (Fsp3) is 0.238. The zero-order chi connectivity index (χ0) is 20.4. The maximum Gasteiger partial charge on any atom is 0.294 e. The van der Waals surface area contributed by atoms with Crippen LogP contribution in [-0.4, -0.2) is 43.5 Å². The number of hydrogen-bond acceptors (Lipinski definition) is 5. The highest BCUT2D eigenvalue weighted by Gasteiger charge is 2.26. The third-order valence-corrected chi connectivity index (χ3v) is 5.35. The summed E-state index contributed by atoms with van der Waals surface area (Å²) in [4.78, 5) is 29.6. The molecular weight excluding hydrogens is 372 g/mol. The average molecular weight is 392 g/mol. The van der Waals surface area contributed by atoms with Crippen LogP contribution < -0.4 is 0 Å². The second-order valence-electron chi connectivity index (χ2n) is 7.09. The lowest BCUT2D eigenvalue weighted by molar-refractivity contribution is -0.384. The summed E-state index contributed by atoms with van der Waals surface area (Å²) in [5, 5.41) is 21.0. The molecule has 0 unspecified atom stereocenters. The van der Waals surface area contributed by atoms with Gasteiger partial charge in [-0.3, -0.25) is 14.9 Å². The standard InChI is InChI=1S/C21H20N4O4/c26-18-4-1-15(2-5-18)16-7-10-23(11-8-16)21(27)17-3-6-19(20(13-17)25(28)29)24-12-9-22-14-24/h1-6,9,12-14,16,26H,7-8,10-11H2. The lowest BCUT2D eigenvalue weighted by atomic mass is 9.89. The fourth-order valence-electron chi connectivity index (χ4n) is 3.77. The van der Waals surface area contributed by atoms with Crippen molar-refractivity contribution in [3.05, 3.63) is 82.4 Å². The van der Waals surface area contributed by atoms with Crippen molar-refractivity contribution in [2.24, 2.45) is 0 Å². The van der Waals surface area contributed by atoms with Gasteiger partial charge in [0.25, 0.3) is 11.6 Å². The minimum Gasteiger partial charge on any atom is -0.508 e. The number of likely N-dealkylation sites (tertiary alicyclic amines) is 1. The topological polar surface area (TPSA) is 102 Å². The molecule has 0 aliphatic carbocycles. The van der Waals surface area contributed by atoms with E-state index in [1.165, 1.54) is 12.4 Å². The molecule has 0 bridgehead atoms. The summed E-state index contributed by atoms with van der Waals surface area (Å²) in [5.41, 5.74) is 1.70. The summed E-state index contributed by atoms with van der Waals surface area (Å²) in [5.74, 6) is 0.370. The van der Waals surface area contributed by atoms with E-state index in [9.17, 15) is 20.0 Å². The molecule has 4 rings (SSSR count). The number of carbonyl (C=O) groups is 1. The largest absolute Gasteiger partial charge is 0.508 e. The molecule has 1 aromatic heterocycles. The zero-order valence-electron chi connectivity index (χ0n) is 15.6. The molecule has 3 aromatic rings. The molecule has 0 radical (unpaired) electrons. The van der Waals surface area contributed by atoms with E-state index in [-0.39, 0.29) is 17.3 Å². The smallest absolute Gasteiger partial charge is 0.294 e. The Hall–Kier alpha value is -3.68. The number of phenols is 1. The first-order chi connectivity index (χ1) is 14.0. The maximum atomic E-state index is 12.9. The van der Waals surface area contributed by atoms with Crippen LogP contribution in [0.4, 0.5) is 5.69 Å². The first kappa shape index (κ1) is 18.7. The lowest BCUT2D eigenvalue weighted by Crippen LogP contribution is -2.37. The molecule has 2 aromatic carbocycles. The third-order valence-electron chi connectivity index (χ3n) is 5.35. The second kappa shape index (κ2) is 7.75. The monoisotopic (exact) mass is 392 g/mol. The van der Waals surface area contributed by atoms with E-state index in [1.807, 2.05) is 12.1 Å². The number of phenolic OH excluding ortho intramolecular Hbond substituents is 1. The van der Waals surface area contributed by atoms with E-state index in [0.29, 0.717) is 30.3 Å². The molecule has 8 nitrogen and oxygen atoms in total. The summed E-state index contributed by atoms with van der Waals surface area (Å²) in [6.07, 6.45) is 6.27. The molecule has 0 atom stereocenters. The van der Waals surface area contributed by atoms with Crippen LogP contribution >= 0.6 is 0 Å². The van der Waals surface area contributed by atoms with Gasteiger partial charge in [0.1, 0.15) is 11.4 Å². The second-order valence-corrected chi connectivity index (χ2v) is 7.09. The van der Waals surface area contributed by atoms with Crippen LogP contribution in [0.15, 0.2) is 61.2 Å².